The highest BCUT2D eigenvalue weighted by Gasteiger charge is 2.13. The van der Waals surface area contributed by atoms with Gasteiger partial charge in [-0.25, -0.2) is 19.6 Å². The third kappa shape index (κ3) is 5.05. The summed E-state index contributed by atoms with van der Waals surface area (Å²) < 4.78 is 10.0. The Bertz CT molecular complexity index is 704. The molecule has 1 heterocycles. The van der Waals surface area contributed by atoms with Gasteiger partial charge in [0.1, 0.15) is 12.4 Å². The van der Waals surface area contributed by atoms with E-state index >= 15 is 0 Å². The molecule has 1 aromatic heterocycles. The number of nitrogens with one attached hydrogen (secondary N) is 1. The zero-order valence-corrected chi connectivity index (χ0v) is 13.6. The molecule has 7 heteroatoms. The van der Waals surface area contributed by atoms with E-state index in [-0.39, 0.29) is 19.8 Å². The maximum atomic E-state index is 11.7. The molecule has 2 rings (SSSR count). The van der Waals surface area contributed by atoms with E-state index in [9.17, 15) is 9.59 Å². The Balaban J connectivity index is 1.84. The number of esters is 1. The highest BCUT2D eigenvalue weighted by molar-refractivity contribution is 5.90. The summed E-state index contributed by atoms with van der Waals surface area (Å²) in [5, 5.41) is 2.57. The van der Waals surface area contributed by atoms with E-state index in [1.165, 1.54) is 6.20 Å². The largest absolute Gasteiger partial charge is 0.462 e. The molecule has 0 radical (unpaired) electrons. The first-order chi connectivity index (χ1) is 11.6. The standard InChI is InChI=1S/C17H19N3O4/c1-3-23-16(21)14-9-18-15(20-12(14)2)10-19-17(22)24-11-13-7-5-4-6-8-13/h4-9H,3,10-11H2,1-2H3,(H,19,22). The first-order valence-electron chi connectivity index (χ1n) is 7.54. The van der Waals surface area contributed by atoms with E-state index in [0.717, 1.165) is 5.56 Å². The van der Waals surface area contributed by atoms with Gasteiger partial charge in [0.25, 0.3) is 0 Å². The van der Waals surface area contributed by atoms with Crippen LogP contribution in [0.25, 0.3) is 0 Å². The molecular formula is C17H19N3O4. The minimum Gasteiger partial charge on any atom is -0.462 e. The smallest absolute Gasteiger partial charge is 0.407 e. The second-order valence-electron chi connectivity index (χ2n) is 4.92. The molecule has 0 unspecified atom stereocenters. The first-order valence-corrected chi connectivity index (χ1v) is 7.54. The van der Waals surface area contributed by atoms with Crippen molar-refractivity contribution >= 4 is 12.1 Å². The number of benzene rings is 1. The highest BCUT2D eigenvalue weighted by atomic mass is 16.5. The molecule has 0 spiro atoms. The van der Waals surface area contributed by atoms with Crippen LogP contribution in [-0.4, -0.2) is 28.6 Å². The maximum absolute atomic E-state index is 11.7. The van der Waals surface area contributed by atoms with Crippen molar-refractivity contribution in [1.82, 2.24) is 15.3 Å². The van der Waals surface area contributed by atoms with Crippen molar-refractivity contribution in [2.24, 2.45) is 0 Å². The lowest BCUT2D eigenvalue weighted by Crippen LogP contribution is -2.25. The number of alkyl carbamates (subject to hydrolysis) is 1. The number of rotatable bonds is 6. The molecular weight excluding hydrogens is 310 g/mol. The van der Waals surface area contributed by atoms with Crippen molar-refractivity contribution in [3.8, 4) is 0 Å². The molecule has 0 saturated carbocycles. The van der Waals surface area contributed by atoms with Crippen LogP contribution in [-0.2, 0) is 22.6 Å². The van der Waals surface area contributed by atoms with Crippen LogP contribution in [0.1, 0.15) is 34.4 Å². The Morgan fingerprint density at radius 3 is 2.58 bits per heavy atom. The Morgan fingerprint density at radius 2 is 1.92 bits per heavy atom. The molecule has 1 N–H and O–H groups in total. The Hall–Kier alpha value is -2.96. The number of carbonyl (C=O) groups is 2. The van der Waals surface area contributed by atoms with Crippen molar-refractivity contribution in [2.45, 2.75) is 27.0 Å². The number of carbonyl (C=O) groups excluding carboxylic acids is 2. The summed E-state index contributed by atoms with van der Waals surface area (Å²) in [6, 6.07) is 9.38. The van der Waals surface area contributed by atoms with Gasteiger partial charge in [-0.1, -0.05) is 30.3 Å². The van der Waals surface area contributed by atoms with Gasteiger partial charge in [-0.05, 0) is 19.4 Å². The SMILES string of the molecule is CCOC(=O)c1cnc(CNC(=O)OCc2ccccc2)nc1C. The van der Waals surface area contributed by atoms with Gasteiger partial charge in [0.15, 0.2) is 0 Å². The predicted octanol–water partition coefficient (Wildman–Crippen LogP) is 2.39. The third-order valence-electron chi connectivity index (χ3n) is 3.13. The van der Waals surface area contributed by atoms with Crippen LogP contribution in [0.3, 0.4) is 0 Å². The van der Waals surface area contributed by atoms with Gasteiger partial charge in [0, 0.05) is 6.20 Å². The minimum atomic E-state index is -0.561. The molecule has 0 saturated heterocycles. The molecule has 2 aromatic rings. The summed E-state index contributed by atoms with van der Waals surface area (Å²) in [7, 11) is 0. The van der Waals surface area contributed by atoms with Crippen molar-refractivity contribution in [3.63, 3.8) is 0 Å². The molecule has 0 aliphatic rings. The van der Waals surface area contributed by atoms with Crippen LogP contribution in [0, 0.1) is 6.92 Å². The summed E-state index contributed by atoms with van der Waals surface area (Å²) in [5.41, 5.74) is 1.71. The van der Waals surface area contributed by atoms with Crippen molar-refractivity contribution in [1.29, 1.82) is 0 Å². The fourth-order valence-corrected chi connectivity index (χ4v) is 1.93. The Labute approximate surface area is 140 Å². The van der Waals surface area contributed by atoms with Crippen molar-refractivity contribution in [2.75, 3.05) is 6.61 Å². The van der Waals surface area contributed by atoms with Crippen LogP contribution in [0.15, 0.2) is 36.5 Å². The van der Waals surface area contributed by atoms with Crippen LogP contribution < -0.4 is 5.32 Å². The molecule has 24 heavy (non-hydrogen) atoms. The van der Waals surface area contributed by atoms with Crippen LogP contribution >= 0.6 is 0 Å². The van der Waals surface area contributed by atoms with E-state index < -0.39 is 12.1 Å². The fourth-order valence-electron chi connectivity index (χ4n) is 1.93. The monoisotopic (exact) mass is 329 g/mol. The molecule has 1 aromatic carbocycles. The lowest BCUT2D eigenvalue weighted by atomic mass is 10.2. The summed E-state index contributed by atoms with van der Waals surface area (Å²) >= 11 is 0. The number of aromatic nitrogens is 2. The average Bonchev–Trinajstić information content (AvgIpc) is 2.59. The van der Waals surface area contributed by atoms with Crippen molar-refractivity contribution < 1.29 is 19.1 Å². The molecule has 126 valence electrons. The molecule has 0 atom stereocenters. The molecule has 0 bridgehead atoms. The van der Waals surface area contributed by atoms with E-state index in [4.69, 9.17) is 9.47 Å². The molecule has 0 aliphatic carbocycles. The number of aryl methyl sites for hydroxylation is 1. The van der Waals surface area contributed by atoms with Gasteiger partial charge in [-0.15, -0.1) is 0 Å². The zero-order valence-electron chi connectivity index (χ0n) is 13.6. The van der Waals surface area contributed by atoms with Crippen molar-refractivity contribution in [3.05, 3.63) is 59.2 Å². The predicted molar refractivity (Wildman–Crippen MR) is 86.2 cm³/mol. The van der Waals surface area contributed by atoms with Gasteiger partial charge in [0.05, 0.1) is 24.4 Å². The number of amides is 1. The number of hydrogen-bond acceptors (Lipinski definition) is 6. The summed E-state index contributed by atoms with van der Waals surface area (Å²) in [4.78, 5) is 31.6. The highest BCUT2D eigenvalue weighted by Crippen LogP contribution is 2.06. The minimum absolute atomic E-state index is 0.109. The summed E-state index contributed by atoms with van der Waals surface area (Å²) in [5.74, 6) is -0.0750. The second kappa shape index (κ2) is 8.61. The molecule has 1 amide bonds. The van der Waals surface area contributed by atoms with E-state index in [1.54, 1.807) is 13.8 Å². The number of ether oxygens (including phenoxy) is 2. The quantitative estimate of drug-likeness (QED) is 0.818. The van der Waals surface area contributed by atoms with Gasteiger partial charge < -0.3 is 14.8 Å². The van der Waals surface area contributed by atoms with E-state index in [0.29, 0.717) is 17.1 Å². The molecule has 0 fully saturated rings. The fraction of sp³-hybridized carbons (Fsp3) is 0.294. The topological polar surface area (TPSA) is 90.4 Å². The number of hydrogen-bond donors (Lipinski definition) is 1. The Morgan fingerprint density at radius 1 is 1.17 bits per heavy atom. The van der Waals surface area contributed by atoms with E-state index in [1.807, 2.05) is 30.3 Å². The lowest BCUT2D eigenvalue weighted by Gasteiger charge is -2.08. The average molecular weight is 329 g/mol. The summed E-state index contributed by atoms with van der Waals surface area (Å²) in [6.45, 7) is 4.00. The maximum Gasteiger partial charge on any atom is 0.407 e. The lowest BCUT2D eigenvalue weighted by molar-refractivity contribution is 0.0524. The van der Waals surface area contributed by atoms with Gasteiger partial charge in [-0.2, -0.15) is 0 Å². The first kappa shape index (κ1) is 17.4. The summed E-state index contributed by atoms with van der Waals surface area (Å²) in [6.07, 6.45) is 0.835. The second-order valence-corrected chi connectivity index (χ2v) is 4.92. The van der Waals surface area contributed by atoms with Gasteiger partial charge in [0.2, 0.25) is 0 Å². The molecule has 7 nitrogen and oxygen atoms in total. The number of nitrogens with zero attached hydrogens (tertiary/aromatic N) is 2. The third-order valence-corrected chi connectivity index (χ3v) is 3.13. The van der Waals surface area contributed by atoms with Gasteiger partial charge >= 0.3 is 12.1 Å². The molecule has 0 aliphatic heterocycles. The van der Waals surface area contributed by atoms with Crippen LogP contribution in [0.2, 0.25) is 0 Å². The van der Waals surface area contributed by atoms with Gasteiger partial charge in [-0.3, -0.25) is 0 Å². The van der Waals surface area contributed by atoms with E-state index in [2.05, 4.69) is 15.3 Å². The normalized spacial score (nSPS) is 10.1. The van der Waals surface area contributed by atoms with Crippen LogP contribution in [0.5, 0.6) is 0 Å². The Kier molecular flexibility index (Phi) is 6.24. The van der Waals surface area contributed by atoms with Crippen LogP contribution in [0.4, 0.5) is 4.79 Å². The zero-order chi connectivity index (χ0) is 17.4.